The average molecular weight is 879 g/mol. The molecule has 0 atom stereocenters. The Bertz CT molecular complexity index is 3530. The minimum atomic E-state index is -0.604. The SMILES string of the molecule is CC(C)(C)c1ccc(N2c3cc(N(c4ccccc4)c4ccccc4)cc4c3B(c3cc(C(C)(C)C)ccc3C43c4ccccc4-c4ccccc43)c3ccc4sc5ccccc5c4c32)cc1. The van der Waals surface area contributed by atoms with Crippen molar-refractivity contribution < 1.29 is 0 Å². The van der Waals surface area contributed by atoms with E-state index < -0.39 is 5.41 Å². The molecule has 9 aromatic carbocycles. The van der Waals surface area contributed by atoms with Gasteiger partial charge in [0.05, 0.1) is 11.1 Å². The smallest absolute Gasteiger partial charge is 0.247 e. The first-order chi connectivity index (χ1) is 32.5. The summed E-state index contributed by atoms with van der Waals surface area (Å²) in [7, 11) is 0. The molecule has 0 N–H and O–H groups in total. The van der Waals surface area contributed by atoms with Gasteiger partial charge in [-0.15, -0.1) is 11.3 Å². The number of thiophene rings is 1. The Balaban J connectivity index is 1.25. The van der Waals surface area contributed by atoms with Crippen LogP contribution in [0.3, 0.4) is 0 Å². The van der Waals surface area contributed by atoms with Crippen molar-refractivity contribution in [1.29, 1.82) is 0 Å². The van der Waals surface area contributed by atoms with E-state index in [9.17, 15) is 0 Å². The van der Waals surface area contributed by atoms with Crippen molar-refractivity contribution in [3.05, 3.63) is 234 Å². The van der Waals surface area contributed by atoms with Crippen LogP contribution in [0.25, 0.3) is 31.3 Å². The molecule has 0 saturated heterocycles. The van der Waals surface area contributed by atoms with E-state index in [1.807, 2.05) is 11.3 Å². The third-order valence-corrected chi connectivity index (χ3v) is 16.2. The van der Waals surface area contributed by atoms with E-state index in [-0.39, 0.29) is 17.5 Å². The van der Waals surface area contributed by atoms with Crippen molar-refractivity contribution in [2.45, 2.75) is 57.8 Å². The third-order valence-electron chi connectivity index (χ3n) is 15.0. The summed E-state index contributed by atoms with van der Waals surface area (Å²) in [4.78, 5) is 5.14. The van der Waals surface area contributed by atoms with Gasteiger partial charge in [-0.05, 0) is 127 Å². The number of hydrogen-bond acceptors (Lipinski definition) is 3. The Morgan fingerprint density at radius 3 is 1.69 bits per heavy atom. The van der Waals surface area contributed by atoms with Gasteiger partial charge in [-0.2, -0.15) is 0 Å². The van der Waals surface area contributed by atoms with Crippen LogP contribution >= 0.6 is 11.3 Å². The van der Waals surface area contributed by atoms with Gasteiger partial charge >= 0.3 is 0 Å². The molecule has 0 bridgehead atoms. The molecule has 1 aromatic heterocycles. The van der Waals surface area contributed by atoms with Gasteiger partial charge in [0.2, 0.25) is 6.71 Å². The molecule has 1 aliphatic carbocycles. The molecule has 0 amide bonds. The topological polar surface area (TPSA) is 6.48 Å². The lowest BCUT2D eigenvalue weighted by Crippen LogP contribution is -2.65. The highest BCUT2D eigenvalue weighted by Crippen LogP contribution is 2.59. The van der Waals surface area contributed by atoms with E-state index in [1.54, 1.807) is 0 Å². The molecule has 1 spiro atoms. The molecule has 2 nitrogen and oxygen atoms in total. The molecule has 0 unspecified atom stereocenters. The molecule has 0 radical (unpaired) electrons. The first kappa shape index (κ1) is 40.2. The normalized spacial score (nSPS) is 14.2. The third kappa shape index (κ3) is 5.76. The predicted octanol–water partition coefficient (Wildman–Crippen LogP) is 15.1. The molecule has 322 valence electrons. The van der Waals surface area contributed by atoms with Gasteiger partial charge in [-0.3, -0.25) is 0 Å². The summed E-state index contributed by atoms with van der Waals surface area (Å²) in [6.45, 7) is 14.0. The maximum atomic E-state index is 2.66. The second-order valence-electron chi connectivity index (χ2n) is 20.9. The number of benzene rings is 9. The number of anilines is 6. The highest BCUT2D eigenvalue weighted by Gasteiger charge is 2.55. The summed E-state index contributed by atoms with van der Waals surface area (Å²) in [5.74, 6) is 0. The molecule has 3 heterocycles. The second-order valence-corrected chi connectivity index (χ2v) is 21.9. The lowest BCUT2D eigenvalue weighted by molar-refractivity contribution is 0.590. The van der Waals surface area contributed by atoms with Gasteiger partial charge in [0.1, 0.15) is 0 Å². The molecule has 3 aliphatic rings. The van der Waals surface area contributed by atoms with Crippen LogP contribution in [0, 0.1) is 0 Å². The molecule has 67 heavy (non-hydrogen) atoms. The van der Waals surface area contributed by atoms with Gasteiger partial charge < -0.3 is 9.80 Å². The lowest BCUT2D eigenvalue weighted by Gasteiger charge is -2.48. The quantitative estimate of drug-likeness (QED) is 0.163. The number of fused-ring (bicyclic) bond motifs is 15. The van der Waals surface area contributed by atoms with Crippen molar-refractivity contribution >= 4 is 88.7 Å². The van der Waals surface area contributed by atoms with Crippen molar-refractivity contribution in [2.75, 3.05) is 9.80 Å². The highest BCUT2D eigenvalue weighted by molar-refractivity contribution is 7.26. The average Bonchev–Trinajstić information content (AvgIpc) is 3.87. The monoisotopic (exact) mass is 878 g/mol. The van der Waals surface area contributed by atoms with Crippen LogP contribution in [0.5, 0.6) is 0 Å². The van der Waals surface area contributed by atoms with Crippen LogP contribution < -0.4 is 26.2 Å². The van der Waals surface area contributed by atoms with E-state index in [0.29, 0.717) is 0 Å². The van der Waals surface area contributed by atoms with Crippen LogP contribution in [0.15, 0.2) is 200 Å². The van der Waals surface area contributed by atoms with Crippen LogP contribution in [-0.2, 0) is 16.2 Å². The van der Waals surface area contributed by atoms with Crippen molar-refractivity contribution in [1.82, 2.24) is 0 Å². The minimum absolute atomic E-state index is 0.00924. The summed E-state index contributed by atoms with van der Waals surface area (Å²) in [6, 6.07) is 76.5. The number of nitrogens with zero attached hydrogens (tertiary/aromatic N) is 2. The summed E-state index contributed by atoms with van der Waals surface area (Å²) in [6.07, 6.45) is 0. The highest BCUT2D eigenvalue weighted by atomic mass is 32.1. The zero-order valence-corrected chi connectivity index (χ0v) is 39.7. The summed E-state index contributed by atoms with van der Waals surface area (Å²) >= 11 is 1.90. The number of rotatable bonds is 4. The molecular formula is C63H51BN2S. The maximum Gasteiger partial charge on any atom is 0.247 e. The zero-order chi connectivity index (χ0) is 45.4. The van der Waals surface area contributed by atoms with Crippen molar-refractivity contribution in [2.24, 2.45) is 0 Å². The van der Waals surface area contributed by atoms with Crippen molar-refractivity contribution in [3.63, 3.8) is 0 Å². The van der Waals surface area contributed by atoms with Crippen LogP contribution in [0.1, 0.15) is 74.9 Å². The number of para-hydroxylation sites is 2. The summed E-state index contributed by atoms with van der Waals surface area (Å²) in [5, 5.41) is 2.63. The largest absolute Gasteiger partial charge is 0.311 e. The van der Waals surface area contributed by atoms with Gasteiger partial charge in [0.25, 0.3) is 0 Å². The van der Waals surface area contributed by atoms with Gasteiger partial charge in [-0.25, -0.2) is 0 Å². The Hall–Kier alpha value is -7.14. The molecule has 13 rings (SSSR count). The Morgan fingerprint density at radius 1 is 0.463 bits per heavy atom. The molecule has 2 aliphatic heterocycles. The van der Waals surface area contributed by atoms with E-state index in [4.69, 9.17) is 0 Å². The van der Waals surface area contributed by atoms with E-state index >= 15 is 0 Å². The standard InChI is InChI=1S/C63H51BN2S/c1-61(2,3)40-29-32-44(33-30-40)66-55-39-45(65(42-19-9-7-10-20-42)43-21-11-8-12-22-43)38-52-59(55)64(53-35-36-57-58(60(53)66)48-25-15-18-28-56(48)67-57)54-37-41(62(4,5)6)31-34-51(54)63(52)49-26-16-13-23-46(49)47-24-14-17-27-50(47)63/h7-39H,1-6H3. The first-order valence-electron chi connectivity index (χ1n) is 23.8. The fraction of sp³-hybridized carbons (Fsp3) is 0.143. The van der Waals surface area contributed by atoms with Crippen LogP contribution in [0.4, 0.5) is 34.1 Å². The van der Waals surface area contributed by atoms with E-state index in [0.717, 1.165) is 22.7 Å². The maximum absolute atomic E-state index is 2.66. The first-order valence-corrected chi connectivity index (χ1v) is 24.6. The van der Waals surface area contributed by atoms with Gasteiger partial charge in [-0.1, -0.05) is 187 Å². The Kier molecular flexibility index (Phi) is 8.65. The lowest BCUT2D eigenvalue weighted by atomic mass is 9.29. The van der Waals surface area contributed by atoms with E-state index in [2.05, 4.69) is 252 Å². The van der Waals surface area contributed by atoms with E-state index in [1.165, 1.54) is 92.4 Å². The van der Waals surface area contributed by atoms with Crippen LogP contribution in [-0.4, -0.2) is 6.71 Å². The molecule has 0 saturated carbocycles. The van der Waals surface area contributed by atoms with Crippen LogP contribution in [0.2, 0.25) is 0 Å². The summed E-state index contributed by atoms with van der Waals surface area (Å²) in [5.41, 5.74) is 21.2. The number of hydrogen-bond donors (Lipinski definition) is 0. The molecule has 4 heteroatoms. The van der Waals surface area contributed by atoms with Gasteiger partial charge in [0.15, 0.2) is 0 Å². The minimum Gasteiger partial charge on any atom is -0.311 e. The molecule has 0 fully saturated rings. The predicted molar refractivity (Wildman–Crippen MR) is 288 cm³/mol. The second kappa shape index (κ2) is 14.4. The fourth-order valence-electron chi connectivity index (χ4n) is 12.0. The fourth-order valence-corrected chi connectivity index (χ4v) is 13.1. The molecule has 10 aromatic rings. The zero-order valence-electron chi connectivity index (χ0n) is 38.9. The molecular weight excluding hydrogens is 828 g/mol. The van der Waals surface area contributed by atoms with Crippen molar-refractivity contribution in [3.8, 4) is 11.1 Å². The summed E-state index contributed by atoms with van der Waals surface area (Å²) < 4.78 is 2.62. The van der Waals surface area contributed by atoms with Gasteiger partial charge in [0, 0.05) is 48.6 Å². The Morgan fingerprint density at radius 2 is 1.04 bits per heavy atom. The Labute approximate surface area is 398 Å².